The lowest BCUT2D eigenvalue weighted by atomic mass is 9.89. The van der Waals surface area contributed by atoms with Crippen LogP contribution in [-0.2, 0) is 13.0 Å². The van der Waals surface area contributed by atoms with Crippen LogP contribution in [0.3, 0.4) is 0 Å². The van der Waals surface area contributed by atoms with Gasteiger partial charge in [-0.15, -0.1) is 0 Å². The van der Waals surface area contributed by atoms with Gasteiger partial charge in [-0.1, -0.05) is 42.5 Å². The van der Waals surface area contributed by atoms with Crippen LogP contribution < -0.4 is 10.1 Å². The molecule has 2 aromatic carbocycles. The number of aryl methyl sites for hydroxylation is 2. The van der Waals surface area contributed by atoms with Gasteiger partial charge in [0.25, 0.3) is 0 Å². The van der Waals surface area contributed by atoms with Crippen LogP contribution in [-0.4, -0.2) is 13.1 Å². The Bertz CT molecular complexity index is 607. The average molecular weight is 309 g/mol. The molecule has 3 rings (SSSR count). The fraction of sp³-hybridized carbons (Fsp3) is 0.429. The van der Waals surface area contributed by atoms with Gasteiger partial charge in [-0.3, -0.25) is 0 Å². The van der Waals surface area contributed by atoms with E-state index in [1.165, 1.54) is 54.6 Å². The Labute approximate surface area is 139 Å². The molecule has 2 nitrogen and oxygen atoms in total. The van der Waals surface area contributed by atoms with Gasteiger partial charge in [-0.2, -0.15) is 0 Å². The number of rotatable bonds is 5. The smallest absolute Gasteiger partial charge is 0.125 e. The summed E-state index contributed by atoms with van der Waals surface area (Å²) < 4.78 is 6.09. The maximum absolute atomic E-state index is 6.09. The van der Waals surface area contributed by atoms with Crippen molar-refractivity contribution >= 4 is 0 Å². The lowest BCUT2D eigenvalue weighted by molar-refractivity contribution is 0.301. The fourth-order valence-corrected chi connectivity index (χ4v) is 3.53. The second kappa shape index (κ2) is 7.65. The normalized spacial score (nSPS) is 15.6. The highest BCUT2D eigenvalue weighted by atomic mass is 16.5. The highest BCUT2D eigenvalue weighted by Crippen LogP contribution is 2.28. The quantitative estimate of drug-likeness (QED) is 0.882. The summed E-state index contributed by atoms with van der Waals surface area (Å²) in [5, 5.41) is 3.44. The molecule has 0 bridgehead atoms. The molecule has 0 spiro atoms. The van der Waals surface area contributed by atoms with E-state index in [4.69, 9.17) is 4.74 Å². The Morgan fingerprint density at radius 2 is 1.61 bits per heavy atom. The minimum absolute atomic E-state index is 0.635. The first kappa shape index (κ1) is 16.1. The van der Waals surface area contributed by atoms with Crippen molar-refractivity contribution in [1.29, 1.82) is 0 Å². The third-order valence-electron chi connectivity index (χ3n) is 4.73. The number of hydrogen-bond donors (Lipinski definition) is 1. The second-order valence-corrected chi connectivity index (χ2v) is 6.73. The Hall–Kier alpha value is -1.80. The zero-order chi connectivity index (χ0) is 16.1. The number of nitrogens with one attached hydrogen (secondary N) is 1. The Morgan fingerprint density at radius 3 is 2.26 bits per heavy atom. The monoisotopic (exact) mass is 309 g/mol. The molecule has 0 radical (unpaired) electrons. The largest absolute Gasteiger partial charge is 0.488 e. The molecule has 2 heteroatoms. The van der Waals surface area contributed by atoms with E-state index in [0.717, 1.165) is 11.7 Å². The van der Waals surface area contributed by atoms with Gasteiger partial charge >= 0.3 is 0 Å². The molecule has 0 unspecified atom stereocenters. The molecule has 1 fully saturated rings. The molecular formula is C21H27NO. The van der Waals surface area contributed by atoms with E-state index >= 15 is 0 Å². The predicted molar refractivity (Wildman–Crippen MR) is 96.0 cm³/mol. The molecule has 23 heavy (non-hydrogen) atoms. The molecule has 1 aliphatic rings. The van der Waals surface area contributed by atoms with Crippen molar-refractivity contribution < 1.29 is 4.74 Å². The highest BCUT2D eigenvalue weighted by Gasteiger charge is 2.15. The molecule has 0 atom stereocenters. The van der Waals surface area contributed by atoms with Crippen LogP contribution in [0.5, 0.6) is 5.75 Å². The summed E-state index contributed by atoms with van der Waals surface area (Å²) in [7, 11) is 0. The zero-order valence-corrected chi connectivity index (χ0v) is 14.3. The molecule has 0 aliphatic carbocycles. The summed E-state index contributed by atoms with van der Waals surface area (Å²) >= 11 is 0. The van der Waals surface area contributed by atoms with Crippen LogP contribution in [0.25, 0.3) is 0 Å². The van der Waals surface area contributed by atoms with E-state index in [1.54, 1.807) is 0 Å². The maximum Gasteiger partial charge on any atom is 0.125 e. The lowest BCUT2D eigenvalue weighted by Gasteiger charge is -2.23. The minimum atomic E-state index is 0.635. The first-order valence-electron chi connectivity index (χ1n) is 8.70. The van der Waals surface area contributed by atoms with Crippen LogP contribution in [0.1, 0.15) is 35.1 Å². The van der Waals surface area contributed by atoms with Gasteiger partial charge in [0.05, 0.1) is 0 Å². The van der Waals surface area contributed by atoms with Crippen LogP contribution >= 0.6 is 0 Å². The summed E-state index contributed by atoms with van der Waals surface area (Å²) in [5.41, 5.74) is 5.18. The van der Waals surface area contributed by atoms with Gasteiger partial charge in [0.15, 0.2) is 0 Å². The summed E-state index contributed by atoms with van der Waals surface area (Å²) in [4.78, 5) is 0. The van der Waals surface area contributed by atoms with Crippen LogP contribution in [0.2, 0.25) is 0 Å². The standard InChI is InChI=1S/C21H27NO/c1-16-12-20(14-18-8-10-22-11-9-18)13-17(2)21(16)23-15-19-6-4-3-5-7-19/h3-7,12-13,18,22H,8-11,14-15H2,1-2H3. The molecule has 1 saturated heterocycles. The third-order valence-corrected chi connectivity index (χ3v) is 4.73. The van der Waals surface area contributed by atoms with E-state index in [0.29, 0.717) is 6.61 Å². The van der Waals surface area contributed by atoms with E-state index < -0.39 is 0 Å². The minimum Gasteiger partial charge on any atom is -0.488 e. The number of benzene rings is 2. The van der Waals surface area contributed by atoms with Gasteiger partial charge in [-0.25, -0.2) is 0 Å². The SMILES string of the molecule is Cc1cc(CC2CCNCC2)cc(C)c1OCc1ccccc1. The van der Waals surface area contributed by atoms with Crippen molar-refractivity contribution in [3.63, 3.8) is 0 Å². The summed E-state index contributed by atoms with van der Waals surface area (Å²) in [6.45, 7) is 7.30. The molecule has 1 aliphatic heterocycles. The molecular weight excluding hydrogens is 282 g/mol. The molecule has 2 aromatic rings. The molecule has 0 amide bonds. The van der Waals surface area contributed by atoms with Crippen molar-refractivity contribution in [3.05, 3.63) is 64.7 Å². The van der Waals surface area contributed by atoms with Gasteiger partial charge in [0.2, 0.25) is 0 Å². The second-order valence-electron chi connectivity index (χ2n) is 6.73. The van der Waals surface area contributed by atoms with Crippen molar-refractivity contribution in [1.82, 2.24) is 5.32 Å². The van der Waals surface area contributed by atoms with Gasteiger partial charge < -0.3 is 10.1 Å². The number of hydrogen-bond acceptors (Lipinski definition) is 2. The van der Waals surface area contributed by atoms with Crippen LogP contribution in [0.15, 0.2) is 42.5 Å². The Kier molecular flexibility index (Phi) is 5.35. The average Bonchev–Trinajstić information content (AvgIpc) is 2.56. The zero-order valence-electron chi connectivity index (χ0n) is 14.3. The van der Waals surface area contributed by atoms with Gasteiger partial charge in [0, 0.05) is 0 Å². The van der Waals surface area contributed by atoms with Crippen molar-refractivity contribution in [2.75, 3.05) is 13.1 Å². The summed E-state index contributed by atoms with van der Waals surface area (Å²) in [6.07, 6.45) is 3.79. The maximum atomic E-state index is 6.09. The first-order chi connectivity index (χ1) is 11.2. The summed E-state index contributed by atoms with van der Waals surface area (Å²) in [5.74, 6) is 1.87. The van der Waals surface area contributed by atoms with E-state index in [9.17, 15) is 0 Å². The Morgan fingerprint density at radius 1 is 0.957 bits per heavy atom. The highest BCUT2D eigenvalue weighted by molar-refractivity contribution is 5.43. The lowest BCUT2D eigenvalue weighted by Crippen LogP contribution is -2.28. The Balaban J connectivity index is 1.67. The van der Waals surface area contributed by atoms with Gasteiger partial charge in [0.1, 0.15) is 12.4 Å². The van der Waals surface area contributed by atoms with Crippen molar-refractivity contribution in [3.8, 4) is 5.75 Å². The van der Waals surface area contributed by atoms with E-state index in [1.807, 2.05) is 6.07 Å². The molecule has 0 saturated carbocycles. The topological polar surface area (TPSA) is 21.3 Å². The van der Waals surface area contributed by atoms with Crippen LogP contribution in [0.4, 0.5) is 0 Å². The number of ether oxygens (including phenoxy) is 1. The molecule has 1 N–H and O–H groups in total. The molecule has 122 valence electrons. The van der Waals surface area contributed by atoms with E-state index in [2.05, 4.69) is 55.6 Å². The summed E-state index contributed by atoms with van der Waals surface area (Å²) in [6, 6.07) is 15.0. The van der Waals surface area contributed by atoms with Crippen molar-refractivity contribution in [2.24, 2.45) is 5.92 Å². The van der Waals surface area contributed by atoms with Crippen molar-refractivity contribution in [2.45, 2.75) is 39.7 Å². The van der Waals surface area contributed by atoms with Crippen LogP contribution in [0, 0.1) is 19.8 Å². The third kappa shape index (κ3) is 4.35. The molecule has 1 heterocycles. The fourth-order valence-electron chi connectivity index (χ4n) is 3.53. The molecule has 0 aromatic heterocycles. The first-order valence-corrected chi connectivity index (χ1v) is 8.70. The predicted octanol–water partition coefficient (Wildman–Crippen LogP) is 4.42. The van der Waals surface area contributed by atoms with Gasteiger partial charge in [-0.05, 0) is 74.4 Å². The van der Waals surface area contributed by atoms with E-state index in [-0.39, 0.29) is 0 Å². The number of piperidine rings is 1.